The first-order chi connectivity index (χ1) is 10.3. The molecular weight excluding hydrogens is 353 g/mol. The molecule has 23 heavy (non-hydrogen) atoms. The third kappa shape index (κ3) is 5.60. The molecule has 1 aromatic heterocycles. The van der Waals surface area contributed by atoms with E-state index in [-0.39, 0.29) is 24.8 Å². The smallest absolute Gasteiger partial charge is 0.222 e. The lowest BCUT2D eigenvalue weighted by Crippen LogP contribution is -2.34. The van der Waals surface area contributed by atoms with Gasteiger partial charge in [0.05, 0.1) is 15.2 Å². The molecule has 0 saturated carbocycles. The quantitative estimate of drug-likeness (QED) is 0.891. The van der Waals surface area contributed by atoms with Crippen molar-refractivity contribution in [3.05, 3.63) is 29.3 Å². The van der Waals surface area contributed by atoms with Crippen molar-refractivity contribution >= 4 is 52.3 Å². The van der Waals surface area contributed by atoms with Gasteiger partial charge in [-0.1, -0.05) is 12.1 Å². The van der Waals surface area contributed by atoms with Gasteiger partial charge in [0.1, 0.15) is 0 Å². The van der Waals surface area contributed by atoms with Gasteiger partial charge < -0.3 is 10.2 Å². The summed E-state index contributed by atoms with van der Waals surface area (Å²) < 4.78 is 1.23. The molecule has 1 fully saturated rings. The highest BCUT2D eigenvalue weighted by atomic mass is 35.5. The van der Waals surface area contributed by atoms with Crippen molar-refractivity contribution in [1.29, 1.82) is 0 Å². The molecule has 2 heterocycles. The lowest BCUT2D eigenvalue weighted by atomic mass is 10.2. The van der Waals surface area contributed by atoms with Gasteiger partial charge in [0.2, 0.25) is 5.91 Å². The third-order valence-electron chi connectivity index (χ3n) is 3.81. The zero-order chi connectivity index (χ0) is 14.5. The van der Waals surface area contributed by atoms with Crippen molar-refractivity contribution in [2.75, 3.05) is 26.2 Å². The van der Waals surface area contributed by atoms with E-state index in [1.165, 1.54) is 4.70 Å². The number of hydrogen-bond donors (Lipinski definition) is 1. The number of fused-ring (bicyclic) bond motifs is 1. The fourth-order valence-corrected chi connectivity index (χ4v) is 3.68. The summed E-state index contributed by atoms with van der Waals surface area (Å²) in [4.78, 5) is 18.8. The zero-order valence-corrected chi connectivity index (χ0v) is 15.4. The van der Waals surface area contributed by atoms with Crippen molar-refractivity contribution < 1.29 is 4.79 Å². The highest BCUT2D eigenvalue weighted by Gasteiger charge is 2.15. The average molecular weight is 376 g/mol. The van der Waals surface area contributed by atoms with Crippen LogP contribution in [-0.4, -0.2) is 42.0 Å². The Balaban J connectivity index is 0.00000132. The van der Waals surface area contributed by atoms with E-state index in [0.29, 0.717) is 12.3 Å². The first-order valence-corrected chi connectivity index (χ1v) is 8.47. The molecule has 4 nitrogen and oxygen atoms in total. The Labute approximate surface area is 153 Å². The minimum atomic E-state index is 0. The second-order valence-corrected chi connectivity index (χ2v) is 6.53. The lowest BCUT2D eigenvalue weighted by Gasteiger charge is -2.19. The largest absolute Gasteiger partial charge is 0.341 e. The Hall–Kier alpha value is -0.880. The molecular formula is C16H23Cl2N3OS. The van der Waals surface area contributed by atoms with E-state index < -0.39 is 0 Å². The molecule has 1 saturated heterocycles. The number of nitrogens with one attached hydrogen (secondary N) is 1. The summed E-state index contributed by atoms with van der Waals surface area (Å²) in [6.45, 7) is 3.69. The van der Waals surface area contributed by atoms with Gasteiger partial charge in [-0.2, -0.15) is 0 Å². The van der Waals surface area contributed by atoms with Crippen LogP contribution in [0.5, 0.6) is 0 Å². The van der Waals surface area contributed by atoms with Gasteiger partial charge in [0.25, 0.3) is 0 Å². The van der Waals surface area contributed by atoms with E-state index in [4.69, 9.17) is 0 Å². The van der Waals surface area contributed by atoms with E-state index >= 15 is 0 Å². The molecule has 7 heteroatoms. The van der Waals surface area contributed by atoms with Crippen LogP contribution in [-0.2, 0) is 11.2 Å². The minimum absolute atomic E-state index is 0. The number of benzene rings is 1. The number of para-hydroxylation sites is 1. The van der Waals surface area contributed by atoms with E-state index in [1.807, 2.05) is 23.1 Å². The molecule has 0 unspecified atom stereocenters. The number of aryl methyl sites for hydroxylation is 1. The molecule has 0 bridgehead atoms. The molecule has 0 radical (unpaired) electrons. The monoisotopic (exact) mass is 375 g/mol. The Morgan fingerprint density at radius 3 is 2.87 bits per heavy atom. The Morgan fingerprint density at radius 1 is 1.22 bits per heavy atom. The van der Waals surface area contributed by atoms with Gasteiger partial charge >= 0.3 is 0 Å². The average Bonchev–Trinajstić information content (AvgIpc) is 2.71. The molecule has 2 aromatic rings. The summed E-state index contributed by atoms with van der Waals surface area (Å²) >= 11 is 1.74. The molecule has 1 aromatic carbocycles. The standard InChI is InChI=1S/C16H21N3OS.2ClH/c20-16(19-11-4-9-17-10-12-19)8-3-7-15-18-13-5-1-2-6-14(13)21-15;;/h1-2,5-6,17H,3-4,7-12H2;2*1H. The molecule has 0 spiro atoms. The van der Waals surface area contributed by atoms with Crippen LogP contribution in [0.25, 0.3) is 10.2 Å². The van der Waals surface area contributed by atoms with Gasteiger partial charge in [-0.15, -0.1) is 36.2 Å². The fraction of sp³-hybridized carbons (Fsp3) is 0.500. The number of halogens is 2. The number of hydrogen-bond acceptors (Lipinski definition) is 4. The van der Waals surface area contributed by atoms with Crippen molar-refractivity contribution in [1.82, 2.24) is 15.2 Å². The topological polar surface area (TPSA) is 45.2 Å². The summed E-state index contributed by atoms with van der Waals surface area (Å²) in [7, 11) is 0. The Bertz CT molecular complexity index is 579. The van der Waals surface area contributed by atoms with E-state index in [2.05, 4.69) is 16.4 Å². The van der Waals surface area contributed by atoms with Gasteiger partial charge in [0.15, 0.2) is 0 Å². The molecule has 1 amide bonds. The number of rotatable bonds is 4. The SMILES string of the molecule is Cl.Cl.O=C(CCCc1nc2ccccc2s1)N1CCCNCC1. The molecule has 3 rings (SSSR count). The second-order valence-electron chi connectivity index (χ2n) is 5.41. The summed E-state index contributed by atoms with van der Waals surface area (Å²) in [6, 6.07) is 8.21. The zero-order valence-electron chi connectivity index (χ0n) is 13.0. The third-order valence-corrected chi connectivity index (χ3v) is 4.91. The summed E-state index contributed by atoms with van der Waals surface area (Å²) in [5, 5.41) is 4.47. The molecule has 1 N–H and O–H groups in total. The predicted octanol–water partition coefficient (Wildman–Crippen LogP) is 3.28. The predicted molar refractivity (Wildman–Crippen MR) is 101 cm³/mol. The van der Waals surface area contributed by atoms with Gasteiger partial charge in [0, 0.05) is 26.1 Å². The highest BCUT2D eigenvalue weighted by molar-refractivity contribution is 7.18. The molecule has 1 aliphatic rings. The lowest BCUT2D eigenvalue weighted by molar-refractivity contribution is -0.131. The van der Waals surface area contributed by atoms with E-state index in [9.17, 15) is 4.79 Å². The number of carbonyl (C=O) groups excluding carboxylic acids is 1. The maximum absolute atomic E-state index is 12.2. The molecule has 0 atom stereocenters. The number of carbonyl (C=O) groups is 1. The minimum Gasteiger partial charge on any atom is -0.341 e. The number of thiazole rings is 1. The van der Waals surface area contributed by atoms with Crippen LogP contribution in [0, 0.1) is 0 Å². The Morgan fingerprint density at radius 2 is 2.04 bits per heavy atom. The first-order valence-electron chi connectivity index (χ1n) is 7.66. The number of nitrogens with zero attached hydrogens (tertiary/aromatic N) is 2. The fourth-order valence-electron chi connectivity index (χ4n) is 2.67. The van der Waals surface area contributed by atoms with E-state index in [0.717, 1.165) is 56.0 Å². The van der Waals surface area contributed by atoms with Gasteiger partial charge in [-0.3, -0.25) is 4.79 Å². The van der Waals surface area contributed by atoms with Crippen molar-refractivity contribution in [3.8, 4) is 0 Å². The molecule has 128 valence electrons. The van der Waals surface area contributed by atoms with Crippen LogP contribution in [0.2, 0.25) is 0 Å². The number of aromatic nitrogens is 1. The van der Waals surface area contributed by atoms with Crippen LogP contribution in [0.15, 0.2) is 24.3 Å². The summed E-state index contributed by atoms with van der Waals surface area (Å²) in [5.41, 5.74) is 1.07. The van der Waals surface area contributed by atoms with Crippen molar-refractivity contribution in [3.63, 3.8) is 0 Å². The van der Waals surface area contributed by atoms with Crippen LogP contribution < -0.4 is 5.32 Å². The number of amides is 1. The first kappa shape index (κ1) is 20.2. The maximum atomic E-state index is 12.2. The van der Waals surface area contributed by atoms with Gasteiger partial charge in [-0.05, 0) is 37.9 Å². The maximum Gasteiger partial charge on any atom is 0.222 e. The highest BCUT2D eigenvalue weighted by Crippen LogP contribution is 2.22. The summed E-state index contributed by atoms with van der Waals surface area (Å²) in [5.74, 6) is 0.291. The van der Waals surface area contributed by atoms with Crippen LogP contribution in [0.3, 0.4) is 0 Å². The normalized spacial score (nSPS) is 14.7. The van der Waals surface area contributed by atoms with Crippen molar-refractivity contribution in [2.45, 2.75) is 25.7 Å². The second kappa shape index (κ2) is 10.1. The van der Waals surface area contributed by atoms with Crippen LogP contribution in [0.1, 0.15) is 24.3 Å². The van der Waals surface area contributed by atoms with Gasteiger partial charge in [-0.25, -0.2) is 4.98 Å². The van der Waals surface area contributed by atoms with Crippen LogP contribution in [0.4, 0.5) is 0 Å². The molecule has 1 aliphatic heterocycles. The van der Waals surface area contributed by atoms with Crippen LogP contribution >= 0.6 is 36.2 Å². The summed E-state index contributed by atoms with van der Waals surface area (Å²) in [6.07, 6.45) is 3.49. The van der Waals surface area contributed by atoms with Crippen molar-refractivity contribution in [2.24, 2.45) is 0 Å². The van der Waals surface area contributed by atoms with E-state index in [1.54, 1.807) is 11.3 Å². The Kier molecular flexibility index (Phi) is 8.84. The molecule has 0 aliphatic carbocycles.